The first-order valence-corrected chi connectivity index (χ1v) is 14.8. The van der Waals surface area contributed by atoms with Crippen LogP contribution in [0.15, 0.2) is 16.8 Å². The van der Waals surface area contributed by atoms with Crippen molar-refractivity contribution in [2.24, 2.45) is 11.8 Å². The number of hydrogen-bond acceptors (Lipinski definition) is 9. The molecule has 2 fully saturated rings. The summed E-state index contributed by atoms with van der Waals surface area (Å²) in [4.78, 5) is 13.1. The SMILES string of the molecule is CCN1[C@H]2[C@@H](C)[C@H]2C[C@H]1[C@H](C)Oc1nccc(-c2onc3c2CCC[C@@]32CCCc3sc(N)c(C#N)c32)n1. The summed E-state index contributed by atoms with van der Waals surface area (Å²) in [5.74, 6) is 2.29. The number of nitriles is 1. The fourth-order valence-corrected chi connectivity index (χ4v) is 9.15. The summed E-state index contributed by atoms with van der Waals surface area (Å²) in [7, 11) is 0. The number of hydrogen-bond donors (Lipinski definition) is 1. The minimum Gasteiger partial charge on any atom is -0.459 e. The van der Waals surface area contributed by atoms with Crippen LogP contribution in [-0.4, -0.2) is 44.8 Å². The molecule has 3 aliphatic carbocycles. The quantitative estimate of drug-likeness (QED) is 0.485. The third-order valence-electron chi connectivity index (χ3n) is 9.78. The number of ether oxygens (including phenoxy) is 1. The first-order valence-electron chi connectivity index (χ1n) is 14.0. The number of fused-ring (bicyclic) bond motifs is 5. The van der Waals surface area contributed by atoms with Crippen LogP contribution in [0.2, 0.25) is 0 Å². The van der Waals surface area contributed by atoms with Crippen molar-refractivity contribution in [2.45, 2.75) is 89.3 Å². The van der Waals surface area contributed by atoms with E-state index in [0.717, 1.165) is 73.7 Å². The predicted molar refractivity (Wildman–Crippen MR) is 145 cm³/mol. The Morgan fingerprint density at radius 2 is 2.16 bits per heavy atom. The zero-order valence-electron chi connectivity index (χ0n) is 22.2. The number of piperidine rings is 1. The van der Waals surface area contributed by atoms with Gasteiger partial charge in [0.1, 0.15) is 22.9 Å². The molecule has 6 atom stereocenters. The maximum Gasteiger partial charge on any atom is 0.317 e. The van der Waals surface area contributed by atoms with Crippen LogP contribution in [0.25, 0.3) is 11.5 Å². The fourth-order valence-electron chi connectivity index (χ4n) is 7.99. The van der Waals surface area contributed by atoms with Crippen LogP contribution in [-0.2, 0) is 18.3 Å². The summed E-state index contributed by atoms with van der Waals surface area (Å²) in [5, 5.41) is 15.2. The van der Waals surface area contributed by atoms with E-state index < -0.39 is 0 Å². The van der Waals surface area contributed by atoms with Crippen molar-refractivity contribution in [1.29, 1.82) is 5.26 Å². The first kappa shape index (κ1) is 24.1. The maximum atomic E-state index is 9.95. The molecule has 3 aromatic heterocycles. The average molecular weight is 531 g/mol. The van der Waals surface area contributed by atoms with Crippen LogP contribution in [0.4, 0.5) is 5.00 Å². The third-order valence-corrected chi connectivity index (χ3v) is 10.9. The molecular weight excluding hydrogens is 496 g/mol. The Bertz CT molecular complexity index is 1440. The molecule has 0 radical (unpaired) electrons. The largest absolute Gasteiger partial charge is 0.459 e. The van der Waals surface area contributed by atoms with Crippen LogP contribution in [0.1, 0.15) is 80.1 Å². The van der Waals surface area contributed by atoms with E-state index in [1.807, 2.05) is 6.07 Å². The molecule has 4 aliphatic rings. The van der Waals surface area contributed by atoms with E-state index in [0.29, 0.717) is 40.1 Å². The molecule has 1 saturated carbocycles. The van der Waals surface area contributed by atoms with Crippen molar-refractivity contribution in [3.63, 3.8) is 0 Å². The van der Waals surface area contributed by atoms with E-state index in [1.165, 1.54) is 11.3 Å². The molecule has 1 aliphatic heterocycles. The van der Waals surface area contributed by atoms with Crippen LogP contribution < -0.4 is 10.5 Å². The topological polar surface area (TPSA) is 114 Å². The van der Waals surface area contributed by atoms with Gasteiger partial charge in [-0.15, -0.1) is 11.3 Å². The second kappa shape index (κ2) is 8.78. The van der Waals surface area contributed by atoms with Gasteiger partial charge in [0.05, 0.1) is 11.3 Å². The minimum atomic E-state index is -0.312. The van der Waals surface area contributed by atoms with E-state index in [-0.39, 0.29) is 11.5 Å². The van der Waals surface area contributed by atoms with Gasteiger partial charge in [-0.1, -0.05) is 19.0 Å². The van der Waals surface area contributed by atoms with Gasteiger partial charge in [0.2, 0.25) is 0 Å². The smallest absolute Gasteiger partial charge is 0.317 e. The van der Waals surface area contributed by atoms with E-state index >= 15 is 0 Å². The molecule has 3 aromatic rings. The number of nitrogen functional groups attached to an aromatic ring is 1. The van der Waals surface area contributed by atoms with Crippen LogP contribution >= 0.6 is 11.3 Å². The molecule has 2 N–H and O–H groups in total. The number of likely N-dealkylation sites (tertiary alicyclic amines) is 1. The lowest BCUT2D eigenvalue weighted by molar-refractivity contribution is 0.0796. The number of aryl methyl sites for hydroxylation is 1. The van der Waals surface area contributed by atoms with Crippen molar-refractivity contribution in [3.8, 4) is 23.5 Å². The second-order valence-electron chi connectivity index (χ2n) is 11.6. The zero-order chi connectivity index (χ0) is 26.2. The Morgan fingerprint density at radius 1 is 1.34 bits per heavy atom. The van der Waals surface area contributed by atoms with E-state index in [1.54, 1.807) is 17.5 Å². The molecule has 1 spiro atoms. The summed E-state index contributed by atoms with van der Waals surface area (Å²) < 4.78 is 12.4. The van der Waals surface area contributed by atoms with Gasteiger partial charge in [-0.2, -0.15) is 10.2 Å². The molecule has 1 saturated heterocycles. The molecule has 9 heteroatoms. The van der Waals surface area contributed by atoms with Crippen LogP contribution in [0.5, 0.6) is 6.01 Å². The standard InChI is InChI=1S/C29H34N6O2S/c1-4-35-21(13-18-15(2)24(18)35)16(3)36-28-32-12-9-20(33-28)25-17-7-5-10-29(26(17)34-37-25)11-6-8-22-23(29)19(14-30)27(31)38-22/h9,12,15-16,18,21,24H,4-8,10-11,13,31H2,1-3H3/t15-,16-,18+,21-,24-,29-/m0/s1. The molecule has 8 nitrogen and oxygen atoms in total. The van der Waals surface area contributed by atoms with Crippen molar-refractivity contribution in [2.75, 3.05) is 12.3 Å². The molecule has 0 amide bonds. The van der Waals surface area contributed by atoms with Gasteiger partial charge in [-0.05, 0) is 81.9 Å². The second-order valence-corrected chi connectivity index (χ2v) is 12.7. The monoisotopic (exact) mass is 530 g/mol. The van der Waals surface area contributed by atoms with Crippen molar-refractivity contribution >= 4 is 16.3 Å². The molecule has 0 bridgehead atoms. The molecule has 7 rings (SSSR count). The highest BCUT2D eigenvalue weighted by Gasteiger charge is 2.59. The highest BCUT2D eigenvalue weighted by Crippen LogP contribution is 2.55. The predicted octanol–water partition coefficient (Wildman–Crippen LogP) is 5.10. The lowest BCUT2D eigenvalue weighted by Crippen LogP contribution is -2.43. The van der Waals surface area contributed by atoms with Crippen molar-refractivity contribution in [3.05, 3.63) is 39.5 Å². The van der Waals surface area contributed by atoms with Gasteiger partial charge < -0.3 is 15.0 Å². The van der Waals surface area contributed by atoms with Gasteiger partial charge in [0.15, 0.2) is 5.76 Å². The number of rotatable bonds is 5. The lowest BCUT2D eigenvalue weighted by Gasteiger charge is -2.39. The van der Waals surface area contributed by atoms with E-state index in [2.05, 4.69) is 41.9 Å². The van der Waals surface area contributed by atoms with E-state index in [9.17, 15) is 5.26 Å². The molecule has 0 aromatic carbocycles. The van der Waals surface area contributed by atoms with Crippen LogP contribution in [0, 0.1) is 23.2 Å². The summed E-state index contributed by atoms with van der Waals surface area (Å²) in [6, 6.07) is 5.75. The van der Waals surface area contributed by atoms with Crippen LogP contribution in [0.3, 0.4) is 0 Å². The highest BCUT2D eigenvalue weighted by molar-refractivity contribution is 7.16. The normalized spacial score (nSPS) is 30.4. The van der Waals surface area contributed by atoms with Gasteiger partial charge in [0.25, 0.3) is 0 Å². The Kier molecular flexibility index (Phi) is 5.57. The highest BCUT2D eigenvalue weighted by atomic mass is 32.1. The lowest BCUT2D eigenvalue weighted by atomic mass is 9.62. The number of nitrogens with zero attached hydrogens (tertiary/aromatic N) is 5. The summed E-state index contributed by atoms with van der Waals surface area (Å²) in [5.41, 5.74) is 10.5. The Hall–Kier alpha value is -2.96. The van der Waals surface area contributed by atoms with Gasteiger partial charge >= 0.3 is 6.01 Å². The number of thiophene rings is 1. The average Bonchev–Trinajstić information content (AvgIpc) is 3.31. The minimum absolute atomic E-state index is 0.00576. The van der Waals surface area contributed by atoms with Gasteiger partial charge in [0, 0.05) is 34.1 Å². The fraction of sp³-hybridized carbons (Fsp3) is 0.586. The number of nitrogens with two attached hydrogens (primary N) is 1. The summed E-state index contributed by atoms with van der Waals surface area (Å²) in [6.45, 7) is 7.78. The first-order chi connectivity index (χ1) is 18.5. The molecule has 198 valence electrons. The number of anilines is 1. The molecular formula is C29H34N6O2S. The van der Waals surface area contributed by atoms with Gasteiger partial charge in [-0.3, -0.25) is 4.90 Å². The number of likely N-dealkylation sites (N-methyl/N-ethyl adjacent to an activating group) is 1. The molecule has 0 unspecified atom stereocenters. The maximum absolute atomic E-state index is 9.95. The Labute approximate surface area is 227 Å². The molecule has 38 heavy (non-hydrogen) atoms. The third kappa shape index (κ3) is 3.39. The van der Waals surface area contributed by atoms with Gasteiger partial charge in [-0.25, -0.2) is 4.98 Å². The van der Waals surface area contributed by atoms with E-state index in [4.69, 9.17) is 20.0 Å². The Morgan fingerprint density at radius 3 is 2.95 bits per heavy atom. The zero-order valence-corrected chi connectivity index (χ0v) is 23.1. The molecule has 4 heterocycles. The van der Waals surface area contributed by atoms with Crippen molar-refractivity contribution in [1.82, 2.24) is 20.0 Å². The Balaban J connectivity index is 1.20. The number of aromatic nitrogens is 3. The summed E-state index contributed by atoms with van der Waals surface area (Å²) >= 11 is 1.57. The summed E-state index contributed by atoms with van der Waals surface area (Å²) in [6.07, 6.45) is 8.73. The van der Waals surface area contributed by atoms with Crippen molar-refractivity contribution < 1.29 is 9.26 Å².